The lowest BCUT2D eigenvalue weighted by molar-refractivity contribution is 0.104. The van der Waals surface area contributed by atoms with Crippen LogP contribution in [0.3, 0.4) is 0 Å². The van der Waals surface area contributed by atoms with Gasteiger partial charge in [-0.15, -0.1) is 11.3 Å². The summed E-state index contributed by atoms with van der Waals surface area (Å²) < 4.78 is 0. The number of ketones is 1. The molecule has 1 N–H and O–H groups in total. The number of carbonyl (C=O) groups is 2. The summed E-state index contributed by atoms with van der Waals surface area (Å²) in [5, 5.41) is 0. The minimum atomic E-state index is -0.114. The van der Waals surface area contributed by atoms with Crippen molar-refractivity contribution in [3.63, 3.8) is 0 Å². The van der Waals surface area contributed by atoms with Crippen LogP contribution < -0.4 is 0 Å². The summed E-state index contributed by atoms with van der Waals surface area (Å²) in [6.07, 6.45) is 3.70. The van der Waals surface area contributed by atoms with Crippen molar-refractivity contribution in [2.24, 2.45) is 0 Å². The zero-order valence-corrected chi connectivity index (χ0v) is 7.88. The number of hydrogen-bond acceptors (Lipinski definition) is 4. The minimum absolute atomic E-state index is 0.114. The highest BCUT2D eigenvalue weighted by atomic mass is 32.1. The second kappa shape index (κ2) is 3.55. The van der Waals surface area contributed by atoms with E-state index in [-0.39, 0.29) is 5.78 Å². The molecular weight excluding hydrogens is 200 g/mol. The van der Waals surface area contributed by atoms with Crippen LogP contribution in [0.25, 0.3) is 0 Å². The summed E-state index contributed by atoms with van der Waals surface area (Å²) in [5.41, 5.74) is 2.48. The molecule has 0 bridgehead atoms. The van der Waals surface area contributed by atoms with Crippen LogP contribution in [-0.2, 0) is 0 Å². The summed E-state index contributed by atoms with van der Waals surface area (Å²) in [4.78, 5) is 29.1. The number of H-pyrrole nitrogens is 1. The summed E-state index contributed by atoms with van der Waals surface area (Å²) in [7, 11) is 0. The van der Waals surface area contributed by atoms with Crippen molar-refractivity contribution in [1.82, 2.24) is 9.97 Å². The number of nitrogens with zero attached hydrogens (tertiary/aromatic N) is 1. The topological polar surface area (TPSA) is 62.8 Å². The van der Waals surface area contributed by atoms with Gasteiger partial charge in [-0.25, -0.2) is 0 Å². The molecule has 70 valence electrons. The first-order valence-corrected chi connectivity index (χ1v) is 4.76. The predicted molar refractivity (Wildman–Crippen MR) is 51.7 cm³/mol. The minimum Gasteiger partial charge on any atom is -0.358 e. The zero-order chi connectivity index (χ0) is 9.97. The van der Waals surface area contributed by atoms with Gasteiger partial charge in [0.2, 0.25) is 5.78 Å². The van der Waals surface area contributed by atoms with Crippen molar-refractivity contribution in [2.45, 2.75) is 0 Å². The second-order valence-electron chi connectivity index (χ2n) is 2.66. The molecule has 0 saturated heterocycles. The van der Waals surface area contributed by atoms with Crippen molar-refractivity contribution < 1.29 is 9.59 Å². The Kier molecular flexibility index (Phi) is 2.24. The highest BCUT2D eigenvalue weighted by Crippen LogP contribution is 2.13. The maximum absolute atomic E-state index is 11.7. The molecule has 0 unspecified atom stereocenters. The second-order valence-corrected chi connectivity index (χ2v) is 3.54. The van der Waals surface area contributed by atoms with Crippen molar-refractivity contribution in [2.75, 3.05) is 0 Å². The van der Waals surface area contributed by atoms with Gasteiger partial charge in [-0.3, -0.25) is 14.6 Å². The fourth-order valence-corrected chi connectivity index (χ4v) is 1.66. The van der Waals surface area contributed by atoms with E-state index in [1.807, 2.05) is 0 Å². The molecule has 0 atom stereocenters. The molecule has 2 aromatic heterocycles. The molecule has 0 aliphatic carbocycles. The Hall–Kier alpha value is -1.75. The summed E-state index contributed by atoms with van der Waals surface area (Å²) >= 11 is 1.28. The Bertz CT molecular complexity index is 459. The summed E-state index contributed by atoms with van der Waals surface area (Å²) in [6, 6.07) is 1.52. The third kappa shape index (κ3) is 1.49. The third-order valence-electron chi connectivity index (χ3n) is 1.75. The molecule has 0 aliphatic rings. The molecule has 0 spiro atoms. The van der Waals surface area contributed by atoms with Crippen LogP contribution >= 0.6 is 11.3 Å². The SMILES string of the molecule is O=Cc1cc(C(=O)c2cncs2)c[nH]1. The molecule has 0 aliphatic heterocycles. The molecule has 14 heavy (non-hydrogen) atoms. The molecule has 2 aromatic rings. The molecule has 0 amide bonds. The van der Waals surface area contributed by atoms with E-state index >= 15 is 0 Å². The van der Waals surface area contributed by atoms with E-state index in [2.05, 4.69) is 9.97 Å². The normalized spacial score (nSPS) is 10.0. The van der Waals surface area contributed by atoms with Crippen LogP contribution in [-0.4, -0.2) is 22.0 Å². The van der Waals surface area contributed by atoms with Gasteiger partial charge in [0.05, 0.1) is 16.1 Å². The van der Waals surface area contributed by atoms with Gasteiger partial charge in [0.1, 0.15) is 0 Å². The van der Waals surface area contributed by atoms with Gasteiger partial charge in [-0.2, -0.15) is 0 Å². The van der Waals surface area contributed by atoms with Crippen LogP contribution in [0.2, 0.25) is 0 Å². The maximum atomic E-state index is 11.7. The molecule has 5 heteroatoms. The number of nitrogens with one attached hydrogen (secondary N) is 1. The van der Waals surface area contributed by atoms with Gasteiger partial charge in [-0.05, 0) is 6.07 Å². The Morgan fingerprint density at radius 3 is 3.00 bits per heavy atom. The van der Waals surface area contributed by atoms with Gasteiger partial charge in [0.15, 0.2) is 6.29 Å². The highest BCUT2D eigenvalue weighted by molar-refractivity contribution is 7.11. The van der Waals surface area contributed by atoms with Crippen LogP contribution in [0, 0.1) is 0 Å². The Morgan fingerprint density at radius 2 is 2.43 bits per heavy atom. The molecular formula is C9H6N2O2S. The van der Waals surface area contributed by atoms with Crippen LogP contribution in [0.15, 0.2) is 24.0 Å². The number of hydrogen-bond donors (Lipinski definition) is 1. The van der Waals surface area contributed by atoms with E-state index in [0.717, 1.165) is 0 Å². The number of aromatic amines is 1. The largest absolute Gasteiger partial charge is 0.358 e. The van der Waals surface area contributed by atoms with E-state index in [4.69, 9.17) is 0 Å². The van der Waals surface area contributed by atoms with E-state index in [0.29, 0.717) is 22.4 Å². The van der Waals surface area contributed by atoms with Crippen LogP contribution in [0.1, 0.15) is 25.7 Å². The highest BCUT2D eigenvalue weighted by Gasteiger charge is 2.11. The maximum Gasteiger partial charge on any atom is 0.206 e. The lowest BCUT2D eigenvalue weighted by atomic mass is 10.2. The summed E-state index contributed by atoms with van der Waals surface area (Å²) in [5.74, 6) is -0.114. The van der Waals surface area contributed by atoms with Gasteiger partial charge < -0.3 is 4.98 Å². The third-order valence-corrected chi connectivity index (χ3v) is 2.52. The first kappa shape index (κ1) is 8.83. The number of thiazole rings is 1. The number of aldehydes is 1. The molecule has 0 saturated carbocycles. The van der Waals surface area contributed by atoms with Gasteiger partial charge in [0, 0.05) is 18.0 Å². The van der Waals surface area contributed by atoms with Gasteiger partial charge in [0.25, 0.3) is 0 Å². The number of aromatic nitrogens is 2. The molecule has 4 nitrogen and oxygen atoms in total. The van der Waals surface area contributed by atoms with E-state index in [1.54, 1.807) is 5.51 Å². The predicted octanol–water partition coefficient (Wildman–Crippen LogP) is 1.51. The molecule has 2 rings (SSSR count). The molecule has 2 heterocycles. The van der Waals surface area contributed by atoms with Gasteiger partial charge >= 0.3 is 0 Å². The molecule has 0 aromatic carbocycles. The van der Waals surface area contributed by atoms with Gasteiger partial charge in [-0.1, -0.05) is 0 Å². The smallest absolute Gasteiger partial charge is 0.206 e. The van der Waals surface area contributed by atoms with Crippen LogP contribution in [0.4, 0.5) is 0 Å². The fourth-order valence-electron chi connectivity index (χ4n) is 1.08. The first-order chi connectivity index (χ1) is 6.81. The number of carbonyl (C=O) groups excluding carboxylic acids is 2. The lowest BCUT2D eigenvalue weighted by Crippen LogP contribution is -1.95. The van der Waals surface area contributed by atoms with E-state index in [9.17, 15) is 9.59 Å². The van der Waals surface area contributed by atoms with Crippen LogP contribution in [0.5, 0.6) is 0 Å². The first-order valence-electron chi connectivity index (χ1n) is 3.88. The lowest BCUT2D eigenvalue weighted by Gasteiger charge is -1.89. The Balaban J connectivity index is 2.32. The van der Waals surface area contributed by atoms with Crippen molar-refractivity contribution in [1.29, 1.82) is 0 Å². The molecule has 0 fully saturated rings. The van der Waals surface area contributed by atoms with Crippen molar-refractivity contribution in [3.05, 3.63) is 40.1 Å². The fraction of sp³-hybridized carbons (Fsp3) is 0. The monoisotopic (exact) mass is 206 g/mol. The van der Waals surface area contributed by atoms with E-state index in [1.165, 1.54) is 29.8 Å². The Labute approximate surface area is 83.6 Å². The Morgan fingerprint density at radius 1 is 1.57 bits per heavy atom. The van der Waals surface area contributed by atoms with E-state index < -0.39 is 0 Å². The summed E-state index contributed by atoms with van der Waals surface area (Å²) in [6.45, 7) is 0. The van der Waals surface area contributed by atoms with Crippen molar-refractivity contribution in [3.8, 4) is 0 Å². The molecule has 0 radical (unpaired) electrons. The van der Waals surface area contributed by atoms with Crippen molar-refractivity contribution >= 4 is 23.4 Å². The average Bonchev–Trinajstić information content (AvgIpc) is 2.88. The standard InChI is InChI=1S/C9H6N2O2S/c12-4-7-1-6(2-11-7)9(13)8-3-10-5-14-8/h1-5,11H. The zero-order valence-electron chi connectivity index (χ0n) is 7.06. The average molecular weight is 206 g/mol. The number of rotatable bonds is 3. The quantitative estimate of drug-likeness (QED) is 0.611.